The molecular weight excluding hydrogens is 230 g/mol. The summed E-state index contributed by atoms with van der Waals surface area (Å²) in [5, 5.41) is 8.90. The summed E-state index contributed by atoms with van der Waals surface area (Å²) in [6.07, 6.45) is 9.82. The van der Waals surface area contributed by atoms with Crippen LogP contribution in [0.5, 0.6) is 0 Å². The van der Waals surface area contributed by atoms with E-state index < -0.39 is 0 Å². The van der Waals surface area contributed by atoms with Crippen molar-refractivity contribution in [2.45, 2.75) is 50.4 Å². The van der Waals surface area contributed by atoms with Crippen molar-refractivity contribution in [1.29, 1.82) is 0 Å². The molecule has 0 radical (unpaired) electrons. The van der Waals surface area contributed by atoms with Gasteiger partial charge in [-0.2, -0.15) is 16.9 Å². The Bertz CT molecular complexity index is 362. The van der Waals surface area contributed by atoms with E-state index in [9.17, 15) is 0 Å². The zero-order valence-corrected chi connectivity index (χ0v) is 11.9. The maximum Gasteiger partial charge on any atom is 0.0638 e. The number of aromatic nitrogens is 2. The number of aryl methyl sites for hydroxylation is 2. The van der Waals surface area contributed by atoms with Gasteiger partial charge in [0.25, 0.3) is 0 Å². The van der Waals surface area contributed by atoms with Crippen LogP contribution < -0.4 is 5.32 Å². The van der Waals surface area contributed by atoms with Gasteiger partial charge in [0, 0.05) is 36.6 Å². The number of hydrogen-bond donors (Lipinski definition) is 1. The Hall–Kier alpha value is -0.480. The van der Waals surface area contributed by atoms with Crippen LogP contribution >= 0.6 is 11.8 Å². The van der Waals surface area contributed by atoms with Gasteiger partial charge in [0.05, 0.1) is 5.69 Å². The van der Waals surface area contributed by atoms with Gasteiger partial charge in [-0.3, -0.25) is 4.68 Å². The predicted octanol–water partition coefficient (Wildman–Crippen LogP) is 2.49. The first kappa shape index (κ1) is 13.0. The van der Waals surface area contributed by atoms with E-state index in [0.717, 1.165) is 17.5 Å². The fourth-order valence-electron chi connectivity index (χ4n) is 2.68. The minimum absolute atomic E-state index is 0.679. The molecule has 0 spiro atoms. The molecule has 0 aliphatic heterocycles. The summed E-state index contributed by atoms with van der Waals surface area (Å²) in [6, 6.07) is 0.679. The highest BCUT2D eigenvalue weighted by Crippen LogP contribution is 2.27. The van der Waals surface area contributed by atoms with Gasteiger partial charge in [-0.25, -0.2) is 0 Å². The summed E-state index contributed by atoms with van der Waals surface area (Å²) in [5.41, 5.74) is 2.48. The molecular formula is C13H23N3S. The molecule has 1 heterocycles. The van der Waals surface area contributed by atoms with Gasteiger partial charge in [0.15, 0.2) is 0 Å². The molecule has 1 aromatic heterocycles. The molecule has 1 saturated carbocycles. The van der Waals surface area contributed by atoms with Crippen molar-refractivity contribution in [2.75, 3.05) is 6.26 Å². The van der Waals surface area contributed by atoms with Crippen LogP contribution in [0.1, 0.15) is 36.9 Å². The first-order valence-corrected chi connectivity index (χ1v) is 7.75. The average molecular weight is 253 g/mol. The Kier molecular flexibility index (Phi) is 4.51. The third-order valence-electron chi connectivity index (χ3n) is 3.68. The molecule has 0 amide bonds. The molecule has 0 bridgehead atoms. The van der Waals surface area contributed by atoms with Gasteiger partial charge in [0.1, 0.15) is 0 Å². The lowest BCUT2D eigenvalue weighted by Gasteiger charge is -2.31. The molecule has 1 fully saturated rings. The summed E-state index contributed by atoms with van der Waals surface area (Å²) in [5.74, 6) is 0. The normalized spacial score (nSPS) is 25.1. The first-order chi connectivity index (χ1) is 8.20. The molecule has 1 aliphatic carbocycles. The number of hydrogen-bond acceptors (Lipinski definition) is 3. The van der Waals surface area contributed by atoms with Crippen molar-refractivity contribution in [2.24, 2.45) is 7.05 Å². The van der Waals surface area contributed by atoms with E-state index in [-0.39, 0.29) is 0 Å². The van der Waals surface area contributed by atoms with Crippen molar-refractivity contribution < 1.29 is 0 Å². The van der Waals surface area contributed by atoms with Crippen LogP contribution in [0.2, 0.25) is 0 Å². The molecule has 1 aliphatic rings. The lowest BCUT2D eigenvalue weighted by Crippen LogP contribution is -2.39. The van der Waals surface area contributed by atoms with Gasteiger partial charge in [-0.05, 0) is 26.0 Å². The van der Waals surface area contributed by atoms with E-state index >= 15 is 0 Å². The van der Waals surface area contributed by atoms with Gasteiger partial charge < -0.3 is 5.32 Å². The number of thioether (sulfide) groups is 1. The van der Waals surface area contributed by atoms with Crippen LogP contribution in [0.25, 0.3) is 0 Å². The molecule has 2 atom stereocenters. The minimum atomic E-state index is 0.679. The van der Waals surface area contributed by atoms with Gasteiger partial charge in [0.2, 0.25) is 0 Å². The Balaban J connectivity index is 1.90. The van der Waals surface area contributed by atoms with Crippen LogP contribution in [-0.4, -0.2) is 27.3 Å². The zero-order chi connectivity index (χ0) is 12.3. The third kappa shape index (κ3) is 3.26. The largest absolute Gasteiger partial charge is 0.309 e. The maximum atomic E-state index is 4.39. The predicted molar refractivity (Wildman–Crippen MR) is 74.3 cm³/mol. The number of nitrogens with zero attached hydrogens (tertiary/aromatic N) is 2. The number of nitrogens with one attached hydrogen (secondary N) is 1. The quantitative estimate of drug-likeness (QED) is 0.894. The van der Waals surface area contributed by atoms with Crippen LogP contribution in [0.15, 0.2) is 6.20 Å². The summed E-state index contributed by atoms with van der Waals surface area (Å²) in [7, 11) is 1.99. The van der Waals surface area contributed by atoms with Gasteiger partial charge in [-0.1, -0.05) is 12.8 Å². The standard InChI is InChI=1S/C13H23N3S/c1-10-11(9-16(2)15-10)8-14-12-6-4-5-7-13(12)17-3/h9,12-14H,4-8H2,1-3H3. The first-order valence-electron chi connectivity index (χ1n) is 6.46. The highest BCUT2D eigenvalue weighted by Gasteiger charge is 2.23. The molecule has 96 valence electrons. The molecule has 0 saturated heterocycles. The molecule has 3 nitrogen and oxygen atoms in total. The highest BCUT2D eigenvalue weighted by atomic mass is 32.2. The molecule has 4 heteroatoms. The zero-order valence-electron chi connectivity index (χ0n) is 11.1. The van der Waals surface area contributed by atoms with Crippen molar-refractivity contribution in [3.05, 3.63) is 17.5 Å². The molecule has 1 N–H and O–H groups in total. The molecule has 2 rings (SSSR count). The van der Waals surface area contributed by atoms with Crippen LogP contribution in [-0.2, 0) is 13.6 Å². The second-order valence-corrected chi connectivity index (χ2v) is 6.04. The molecule has 0 aromatic carbocycles. The molecule has 1 aromatic rings. The minimum Gasteiger partial charge on any atom is -0.309 e. The summed E-state index contributed by atoms with van der Waals surface area (Å²) < 4.78 is 1.90. The monoisotopic (exact) mass is 253 g/mol. The van der Waals surface area contributed by atoms with Crippen molar-refractivity contribution >= 4 is 11.8 Å². The average Bonchev–Trinajstić information content (AvgIpc) is 2.65. The fraction of sp³-hybridized carbons (Fsp3) is 0.769. The van der Waals surface area contributed by atoms with Crippen LogP contribution in [0.4, 0.5) is 0 Å². The van der Waals surface area contributed by atoms with E-state index in [1.807, 2.05) is 23.5 Å². The lowest BCUT2D eigenvalue weighted by atomic mass is 9.94. The Morgan fingerprint density at radius 1 is 1.47 bits per heavy atom. The number of rotatable bonds is 4. The third-order valence-corrected chi connectivity index (χ3v) is 4.84. The van der Waals surface area contributed by atoms with Crippen LogP contribution in [0.3, 0.4) is 0 Å². The van der Waals surface area contributed by atoms with E-state index in [1.54, 1.807) is 0 Å². The van der Waals surface area contributed by atoms with Gasteiger partial charge in [-0.15, -0.1) is 0 Å². The SMILES string of the molecule is CSC1CCCCC1NCc1cn(C)nc1C. The molecule has 17 heavy (non-hydrogen) atoms. The fourth-order valence-corrected chi connectivity index (χ4v) is 3.64. The van der Waals surface area contributed by atoms with Crippen molar-refractivity contribution in [1.82, 2.24) is 15.1 Å². The summed E-state index contributed by atoms with van der Waals surface area (Å²) in [6.45, 7) is 3.05. The Labute approximate surface area is 108 Å². The second-order valence-electron chi connectivity index (χ2n) is 4.96. The topological polar surface area (TPSA) is 29.9 Å². The van der Waals surface area contributed by atoms with Crippen molar-refractivity contribution in [3.63, 3.8) is 0 Å². The highest BCUT2D eigenvalue weighted by molar-refractivity contribution is 7.99. The molecule has 2 unspecified atom stereocenters. The second kappa shape index (κ2) is 5.91. The summed E-state index contributed by atoms with van der Waals surface area (Å²) in [4.78, 5) is 0. The Morgan fingerprint density at radius 3 is 2.88 bits per heavy atom. The Morgan fingerprint density at radius 2 is 2.24 bits per heavy atom. The smallest absolute Gasteiger partial charge is 0.0638 e. The van der Waals surface area contributed by atoms with E-state index in [1.165, 1.54) is 31.2 Å². The van der Waals surface area contributed by atoms with E-state index in [4.69, 9.17) is 0 Å². The maximum absolute atomic E-state index is 4.39. The van der Waals surface area contributed by atoms with Crippen LogP contribution in [0, 0.1) is 6.92 Å². The van der Waals surface area contributed by atoms with E-state index in [0.29, 0.717) is 6.04 Å². The van der Waals surface area contributed by atoms with E-state index in [2.05, 4.69) is 29.8 Å². The summed E-state index contributed by atoms with van der Waals surface area (Å²) >= 11 is 2.02. The van der Waals surface area contributed by atoms with Gasteiger partial charge >= 0.3 is 0 Å². The van der Waals surface area contributed by atoms with Crippen molar-refractivity contribution in [3.8, 4) is 0 Å². The lowest BCUT2D eigenvalue weighted by molar-refractivity contribution is 0.383.